The first-order valence-corrected chi connectivity index (χ1v) is 7.64. The van der Waals surface area contributed by atoms with Crippen LogP contribution in [0.5, 0.6) is 0 Å². The molecule has 0 saturated heterocycles. The van der Waals surface area contributed by atoms with Crippen molar-refractivity contribution in [2.45, 2.75) is 45.4 Å². The summed E-state index contributed by atoms with van der Waals surface area (Å²) in [5, 5.41) is 3.10. The molecule has 0 rings (SSSR count). The van der Waals surface area contributed by atoms with E-state index >= 15 is 0 Å². The lowest BCUT2D eigenvalue weighted by atomic mass is 10.1. The van der Waals surface area contributed by atoms with Crippen LogP contribution < -0.4 is 0 Å². The molecule has 0 aromatic rings. The smallest absolute Gasteiger partial charge is 0.0747 e. The zero-order valence-corrected chi connectivity index (χ0v) is 12.6. The standard InChI is InChI=1S/C12H17Cl3S/c1-2-3-4-5-6-7-9-16-10-8-11(13)12(14)15/h2-7,9H2,1H3. The van der Waals surface area contributed by atoms with Gasteiger partial charge in [-0.15, -0.1) is 0 Å². The van der Waals surface area contributed by atoms with Gasteiger partial charge in [-0.25, -0.2) is 0 Å². The largest absolute Gasteiger partial charge is 0.133 e. The van der Waals surface area contributed by atoms with E-state index in [4.69, 9.17) is 34.8 Å². The highest BCUT2D eigenvalue weighted by atomic mass is 35.5. The molecule has 0 nitrogen and oxygen atoms in total. The SMILES string of the molecule is CCCCCCCCSC#CC(Cl)=C(Cl)Cl. The first-order chi connectivity index (χ1) is 7.68. The number of hydrogen-bond acceptors (Lipinski definition) is 1. The number of rotatable bonds is 7. The lowest BCUT2D eigenvalue weighted by Gasteiger charge is -1.97. The summed E-state index contributed by atoms with van der Waals surface area (Å²) in [4.78, 5) is 0. The highest BCUT2D eigenvalue weighted by Gasteiger charge is 1.92. The first kappa shape index (κ1) is 16.5. The second kappa shape index (κ2) is 12.0. The molecule has 16 heavy (non-hydrogen) atoms. The average Bonchev–Trinajstić information content (AvgIpc) is 2.26. The minimum absolute atomic E-state index is 0.0364. The van der Waals surface area contributed by atoms with Crippen molar-refractivity contribution in [3.05, 3.63) is 9.52 Å². The first-order valence-electron chi connectivity index (χ1n) is 5.52. The summed E-state index contributed by atoms with van der Waals surface area (Å²) in [6.45, 7) is 2.23. The summed E-state index contributed by atoms with van der Waals surface area (Å²) in [6, 6.07) is 0. The van der Waals surface area contributed by atoms with Crippen molar-refractivity contribution in [1.82, 2.24) is 0 Å². The zero-order valence-electron chi connectivity index (χ0n) is 9.49. The quantitative estimate of drug-likeness (QED) is 0.415. The van der Waals surface area contributed by atoms with E-state index < -0.39 is 0 Å². The lowest BCUT2D eigenvalue weighted by Crippen LogP contribution is -1.80. The second-order valence-electron chi connectivity index (χ2n) is 3.42. The van der Waals surface area contributed by atoms with Crippen molar-refractivity contribution >= 4 is 46.6 Å². The zero-order chi connectivity index (χ0) is 12.2. The van der Waals surface area contributed by atoms with Crippen LogP contribution in [-0.2, 0) is 0 Å². The fourth-order valence-electron chi connectivity index (χ4n) is 1.13. The molecule has 4 heteroatoms. The maximum absolute atomic E-state index is 5.64. The average molecular weight is 300 g/mol. The third kappa shape index (κ3) is 11.0. The molecule has 0 unspecified atom stereocenters. The number of hydrogen-bond donors (Lipinski definition) is 0. The summed E-state index contributed by atoms with van der Waals surface area (Å²) in [5.41, 5.74) is 0. The molecule has 0 fully saturated rings. The molecule has 0 atom stereocenters. The minimum atomic E-state index is 0.0364. The topological polar surface area (TPSA) is 0 Å². The van der Waals surface area contributed by atoms with Crippen LogP contribution in [-0.4, -0.2) is 5.75 Å². The van der Waals surface area contributed by atoms with Gasteiger partial charge in [-0.05, 0) is 17.6 Å². The molecular formula is C12H17Cl3S. The molecule has 0 aliphatic carbocycles. The van der Waals surface area contributed by atoms with Crippen molar-refractivity contribution in [3.63, 3.8) is 0 Å². The molecule has 0 heterocycles. The minimum Gasteiger partial charge on any atom is -0.0747 e. The summed E-state index contributed by atoms with van der Waals surface area (Å²) in [7, 11) is 0. The van der Waals surface area contributed by atoms with Crippen LogP contribution >= 0.6 is 46.6 Å². The van der Waals surface area contributed by atoms with Crippen LogP contribution in [0, 0.1) is 11.2 Å². The van der Waals surface area contributed by atoms with Crippen molar-refractivity contribution < 1.29 is 0 Å². The van der Waals surface area contributed by atoms with Gasteiger partial charge < -0.3 is 0 Å². The highest BCUT2D eigenvalue weighted by molar-refractivity contribution is 8.03. The van der Waals surface area contributed by atoms with Gasteiger partial charge in [0.25, 0.3) is 0 Å². The lowest BCUT2D eigenvalue weighted by molar-refractivity contribution is 0.627. The van der Waals surface area contributed by atoms with E-state index in [1.807, 2.05) is 0 Å². The molecule has 0 aliphatic rings. The number of thioether (sulfide) groups is 1. The molecule has 92 valence electrons. The van der Waals surface area contributed by atoms with E-state index in [1.54, 1.807) is 11.8 Å². The molecule has 0 N–H and O–H groups in total. The summed E-state index contributed by atoms with van der Waals surface area (Å²) < 4.78 is 0.0364. The van der Waals surface area contributed by atoms with Crippen LogP contribution in [0.3, 0.4) is 0 Å². The van der Waals surface area contributed by atoms with Crippen LogP contribution in [0.4, 0.5) is 0 Å². The van der Waals surface area contributed by atoms with Gasteiger partial charge in [-0.2, -0.15) is 0 Å². The number of unbranched alkanes of at least 4 members (excludes halogenated alkanes) is 5. The Balaban J connectivity index is 3.37. The van der Waals surface area contributed by atoms with Crippen molar-refractivity contribution in [2.24, 2.45) is 0 Å². The van der Waals surface area contributed by atoms with Gasteiger partial charge in [0.1, 0.15) is 9.52 Å². The number of allylic oxidation sites excluding steroid dienone is 1. The van der Waals surface area contributed by atoms with Gasteiger partial charge in [-0.1, -0.05) is 85.6 Å². The van der Waals surface area contributed by atoms with E-state index in [9.17, 15) is 0 Å². The summed E-state index contributed by atoms with van der Waals surface area (Å²) in [6.07, 6.45) is 7.82. The van der Waals surface area contributed by atoms with Crippen LogP contribution in [0.1, 0.15) is 45.4 Å². The van der Waals surface area contributed by atoms with E-state index in [-0.39, 0.29) is 9.52 Å². The van der Waals surface area contributed by atoms with Crippen LogP contribution in [0.15, 0.2) is 9.52 Å². The maximum atomic E-state index is 5.64. The molecule has 0 aromatic carbocycles. The Bertz CT molecular complexity index is 259. The molecular weight excluding hydrogens is 283 g/mol. The Morgan fingerprint density at radius 1 is 1.00 bits per heavy atom. The predicted octanol–water partition coefficient (Wildman–Crippen LogP) is 5.93. The van der Waals surface area contributed by atoms with Gasteiger partial charge >= 0.3 is 0 Å². The predicted molar refractivity (Wildman–Crippen MR) is 78.2 cm³/mol. The van der Waals surface area contributed by atoms with E-state index in [2.05, 4.69) is 18.1 Å². The Hall–Kier alpha value is 0.520. The third-order valence-electron chi connectivity index (χ3n) is 2.00. The molecule has 0 spiro atoms. The molecule has 0 aromatic heterocycles. The Morgan fingerprint density at radius 3 is 2.25 bits per heavy atom. The van der Waals surface area contributed by atoms with Crippen LogP contribution in [0.25, 0.3) is 0 Å². The molecule has 0 radical (unpaired) electrons. The van der Waals surface area contributed by atoms with Crippen molar-refractivity contribution in [3.8, 4) is 11.2 Å². The molecule has 0 aliphatic heterocycles. The number of halogens is 3. The normalized spacial score (nSPS) is 9.50. The second-order valence-corrected chi connectivity index (χ2v) is 5.65. The molecule has 0 bridgehead atoms. The van der Waals surface area contributed by atoms with Gasteiger partial charge in [0.15, 0.2) is 0 Å². The van der Waals surface area contributed by atoms with E-state index in [1.165, 1.54) is 38.5 Å². The van der Waals surface area contributed by atoms with Crippen molar-refractivity contribution in [2.75, 3.05) is 5.75 Å². The molecule has 0 amide bonds. The van der Waals surface area contributed by atoms with Gasteiger partial charge in [0.2, 0.25) is 0 Å². The highest BCUT2D eigenvalue weighted by Crippen LogP contribution is 2.17. The summed E-state index contributed by atoms with van der Waals surface area (Å²) in [5.74, 6) is 3.73. The maximum Gasteiger partial charge on any atom is 0.133 e. The van der Waals surface area contributed by atoms with E-state index in [0.29, 0.717) is 0 Å². The Labute approximate surface area is 118 Å². The van der Waals surface area contributed by atoms with Crippen LogP contribution in [0.2, 0.25) is 0 Å². The fourth-order valence-corrected chi connectivity index (χ4v) is 1.96. The van der Waals surface area contributed by atoms with Gasteiger partial charge in [-0.3, -0.25) is 0 Å². The third-order valence-corrected chi connectivity index (χ3v) is 3.59. The monoisotopic (exact) mass is 298 g/mol. The summed E-state index contributed by atoms with van der Waals surface area (Å²) >= 11 is 18.1. The fraction of sp³-hybridized carbons (Fsp3) is 0.667. The Kier molecular flexibility index (Phi) is 12.4. The Morgan fingerprint density at radius 2 is 1.62 bits per heavy atom. The van der Waals surface area contributed by atoms with Gasteiger partial charge in [0, 0.05) is 5.75 Å². The molecule has 0 saturated carbocycles. The van der Waals surface area contributed by atoms with Gasteiger partial charge in [0.05, 0.1) is 0 Å². The van der Waals surface area contributed by atoms with E-state index in [0.717, 1.165) is 5.75 Å². The van der Waals surface area contributed by atoms with Crippen molar-refractivity contribution in [1.29, 1.82) is 0 Å².